The van der Waals surface area contributed by atoms with Gasteiger partial charge in [-0.1, -0.05) is 30.3 Å². The molecule has 29 heavy (non-hydrogen) atoms. The standard InChI is InChI=1S/C13H9N3O7.C5H5.Fe/c17-11(6-8-4-2-1-3-5-8)9-7-10(14(18)19)13(16(22)23)12(9)15(20)21;1-2-4-5-3-1;/h1-5,7,17H,6H2;1-5H;/q;-1;/b11-9+;;. The molecule has 0 spiro atoms. The van der Waals surface area contributed by atoms with Crippen LogP contribution < -0.4 is 0 Å². The molecule has 0 radical (unpaired) electrons. The number of allylic oxidation sites excluding steroid dienone is 2. The molecule has 0 amide bonds. The second-order valence-electron chi connectivity index (χ2n) is 5.48. The van der Waals surface area contributed by atoms with Crippen LogP contribution in [0.15, 0.2) is 95.2 Å². The molecule has 2 aromatic rings. The van der Waals surface area contributed by atoms with Crippen molar-refractivity contribution in [2.24, 2.45) is 0 Å². The van der Waals surface area contributed by atoms with Crippen molar-refractivity contribution in [2.75, 3.05) is 0 Å². The van der Waals surface area contributed by atoms with Gasteiger partial charge in [0.25, 0.3) is 0 Å². The van der Waals surface area contributed by atoms with Gasteiger partial charge in [-0.15, -0.1) is 0 Å². The Labute approximate surface area is 174 Å². The number of hydrogen-bond acceptors (Lipinski definition) is 7. The predicted octanol–water partition coefficient (Wildman–Crippen LogP) is 3.38. The Balaban J connectivity index is 0.000000610. The number of benzene rings is 1. The zero-order valence-electron chi connectivity index (χ0n) is 14.6. The van der Waals surface area contributed by atoms with Crippen molar-refractivity contribution in [1.29, 1.82) is 0 Å². The van der Waals surface area contributed by atoms with Gasteiger partial charge >= 0.3 is 17.1 Å². The minimum Gasteiger partial charge on any atom is -0.511 e. The molecule has 0 saturated carbocycles. The Kier molecular flexibility index (Phi) is 8.53. The Morgan fingerprint density at radius 1 is 0.862 bits per heavy atom. The van der Waals surface area contributed by atoms with Crippen molar-refractivity contribution in [3.63, 3.8) is 0 Å². The van der Waals surface area contributed by atoms with Gasteiger partial charge in [-0.3, -0.25) is 30.3 Å². The van der Waals surface area contributed by atoms with Crippen LogP contribution in [0.1, 0.15) is 5.56 Å². The topological polar surface area (TPSA) is 150 Å². The number of rotatable bonds is 5. The fraction of sp³-hybridized carbons (Fsp3) is 0.0556. The first-order chi connectivity index (χ1) is 13.3. The predicted molar refractivity (Wildman–Crippen MR) is 97.9 cm³/mol. The van der Waals surface area contributed by atoms with Gasteiger partial charge in [-0.25, -0.2) is 12.1 Å². The van der Waals surface area contributed by atoms with Gasteiger partial charge in [0.2, 0.25) is 0 Å². The summed E-state index contributed by atoms with van der Waals surface area (Å²) in [5.41, 5.74) is -3.30. The zero-order valence-corrected chi connectivity index (χ0v) is 15.8. The van der Waals surface area contributed by atoms with Crippen molar-refractivity contribution >= 4 is 0 Å². The first kappa shape index (κ1) is 23.3. The van der Waals surface area contributed by atoms with E-state index >= 15 is 0 Å². The summed E-state index contributed by atoms with van der Waals surface area (Å²) in [6, 6.07) is 18.3. The van der Waals surface area contributed by atoms with Crippen molar-refractivity contribution in [2.45, 2.75) is 6.42 Å². The summed E-state index contributed by atoms with van der Waals surface area (Å²) in [4.78, 5) is 29.5. The minimum absolute atomic E-state index is 0. The van der Waals surface area contributed by atoms with E-state index in [2.05, 4.69) is 0 Å². The molecule has 1 N–H and O–H groups in total. The SMILES string of the molecule is O=[N+]([O-])C1=C/C(=C(\O)Cc2ccccc2)C([N+](=O)[O-])=C1[N+](=O)[O-].[Fe].c1cc[cH-]c1. The van der Waals surface area contributed by atoms with E-state index in [-0.39, 0.29) is 23.5 Å². The zero-order chi connectivity index (χ0) is 20.7. The molecule has 0 atom stereocenters. The van der Waals surface area contributed by atoms with E-state index in [1.165, 1.54) is 0 Å². The van der Waals surface area contributed by atoms with Crippen molar-refractivity contribution in [1.82, 2.24) is 0 Å². The molecular weight excluding hydrogens is 426 g/mol. The van der Waals surface area contributed by atoms with Crippen molar-refractivity contribution < 1.29 is 36.9 Å². The smallest absolute Gasteiger partial charge is 0.423 e. The van der Waals surface area contributed by atoms with E-state index in [9.17, 15) is 35.4 Å². The molecule has 3 rings (SSSR count). The van der Waals surface area contributed by atoms with Crippen molar-refractivity contribution in [3.05, 3.63) is 131 Å². The minimum atomic E-state index is -1.24. The van der Waals surface area contributed by atoms with E-state index in [0.29, 0.717) is 11.6 Å². The number of aliphatic hydroxyl groups excluding tert-OH is 1. The summed E-state index contributed by atoms with van der Waals surface area (Å²) in [6.45, 7) is 0. The summed E-state index contributed by atoms with van der Waals surface area (Å²) in [6.07, 6.45) is 0.495. The van der Waals surface area contributed by atoms with E-state index < -0.39 is 43.2 Å². The van der Waals surface area contributed by atoms with Crippen LogP contribution in [0.2, 0.25) is 0 Å². The van der Waals surface area contributed by atoms with Gasteiger partial charge < -0.3 is 5.11 Å². The van der Waals surface area contributed by atoms with Gasteiger partial charge in [0.1, 0.15) is 11.3 Å². The Morgan fingerprint density at radius 2 is 1.41 bits per heavy atom. The van der Waals surface area contributed by atoms with Crippen LogP contribution in [0.3, 0.4) is 0 Å². The molecule has 152 valence electrons. The van der Waals surface area contributed by atoms with Crippen LogP contribution in [0.5, 0.6) is 0 Å². The largest absolute Gasteiger partial charge is 0.511 e. The first-order valence-electron chi connectivity index (χ1n) is 7.85. The summed E-state index contributed by atoms with van der Waals surface area (Å²) in [7, 11) is 0. The second kappa shape index (κ2) is 10.6. The van der Waals surface area contributed by atoms with Gasteiger partial charge in [0, 0.05) is 29.6 Å². The van der Waals surface area contributed by atoms with Gasteiger partial charge in [-0.05, 0) is 5.56 Å². The van der Waals surface area contributed by atoms with E-state index in [1.807, 2.05) is 30.3 Å². The molecule has 10 nitrogen and oxygen atoms in total. The van der Waals surface area contributed by atoms with Gasteiger partial charge in [0.05, 0.1) is 14.8 Å². The Morgan fingerprint density at radius 3 is 1.83 bits per heavy atom. The fourth-order valence-electron chi connectivity index (χ4n) is 2.45. The normalized spacial score (nSPS) is 14.1. The summed E-state index contributed by atoms with van der Waals surface area (Å²) in [5.74, 6) is -0.556. The molecule has 11 heteroatoms. The molecule has 0 bridgehead atoms. The molecule has 0 unspecified atom stereocenters. The molecule has 2 aromatic carbocycles. The third-order valence-electron chi connectivity index (χ3n) is 3.65. The first-order valence-corrected chi connectivity index (χ1v) is 7.85. The Bertz CT molecular complexity index is 963. The maximum absolute atomic E-state index is 11.1. The molecule has 0 saturated heterocycles. The average Bonchev–Trinajstić information content (AvgIpc) is 3.33. The molecule has 0 aliphatic heterocycles. The number of nitrogens with zero attached hydrogens (tertiary/aromatic N) is 3. The van der Waals surface area contributed by atoms with Crippen LogP contribution in [0.4, 0.5) is 0 Å². The molecule has 0 heterocycles. The van der Waals surface area contributed by atoms with Gasteiger partial charge in [-0.2, -0.15) is 18.2 Å². The van der Waals surface area contributed by atoms with Crippen LogP contribution in [0.25, 0.3) is 0 Å². The third kappa shape index (κ3) is 5.89. The molecule has 1 aliphatic rings. The van der Waals surface area contributed by atoms with E-state index in [1.54, 1.807) is 30.3 Å². The molecule has 0 fully saturated rings. The molecule has 0 aromatic heterocycles. The van der Waals surface area contributed by atoms with Gasteiger partial charge in [0.15, 0.2) is 0 Å². The number of hydrogen-bond donors (Lipinski definition) is 1. The summed E-state index contributed by atoms with van der Waals surface area (Å²) < 4.78 is 0. The van der Waals surface area contributed by atoms with E-state index in [0.717, 1.165) is 0 Å². The molecular formula is C18H14FeN3O7-. The second-order valence-corrected chi connectivity index (χ2v) is 5.48. The number of nitro groups is 3. The monoisotopic (exact) mass is 440 g/mol. The van der Waals surface area contributed by atoms with Crippen LogP contribution in [-0.2, 0) is 23.5 Å². The quantitative estimate of drug-likeness (QED) is 0.246. The van der Waals surface area contributed by atoms with Crippen LogP contribution >= 0.6 is 0 Å². The Hall–Kier alpha value is -3.69. The summed E-state index contributed by atoms with van der Waals surface area (Å²) >= 11 is 0. The fourth-order valence-corrected chi connectivity index (χ4v) is 2.45. The third-order valence-corrected chi connectivity index (χ3v) is 3.65. The summed E-state index contributed by atoms with van der Waals surface area (Å²) in [5, 5.41) is 43.0. The van der Waals surface area contributed by atoms with Crippen LogP contribution in [-0.4, -0.2) is 19.9 Å². The van der Waals surface area contributed by atoms with Crippen molar-refractivity contribution in [3.8, 4) is 0 Å². The maximum atomic E-state index is 11.1. The van der Waals surface area contributed by atoms with Crippen LogP contribution in [0, 0.1) is 30.3 Å². The number of aliphatic hydroxyl groups is 1. The van der Waals surface area contributed by atoms with E-state index in [4.69, 9.17) is 0 Å². The maximum Gasteiger partial charge on any atom is 0.423 e. The average molecular weight is 440 g/mol. The molecule has 1 aliphatic carbocycles.